The molecule has 1 aliphatic rings. The van der Waals surface area contributed by atoms with Gasteiger partial charge in [-0.1, -0.05) is 12.8 Å². The quantitative estimate of drug-likeness (QED) is 0.770. The van der Waals surface area contributed by atoms with Crippen molar-refractivity contribution in [2.24, 2.45) is 5.41 Å². The minimum absolute atomic E-state index is 0.0539. The molecule has 1 aromatic heterocycles. The highest BCUT2D eigenvalue weighted by molar-refractivity contribution is 5.45. The standard InChI is InChI=1S/C12H17F2N3O/c13-8-5-9(14)11(17-10(8)15)16-6-12(7-18)3-1-2-4-12/h5,18H,1-4,6-7H2,(H3,15,16,17). The number of nitrogens with one attached hydrogen (secondary N) is 1. The molecule has 0 aliphatic heterocycles. The Hall–Kier alpha value is -1.43. The van der Waals surface area contributed by atoms with Crippen LogP contribution in [0.4, 0.5) is 20.4 Å². The predicted octanol–water partition coefficient (Wildman–Crippen LogP) is 1.91. The molecule has 6 heteroatoms. The van der Waals surface area contributed by atoms with Gasteiger partial charge in [-0.3, -0.25) is 0 Å². The van der Waals surface area contributed by atoms with E-state index < -0.39 is 11.6 Å². The maximum Gasteiger partial charge on any atom is 0.168 e. The number of hydrogen-bond acceptors (Lipinski definition) is 4. The number of pyridine rings is 1. The van der Waals surface area contributed by atoms with Gasteiger partial charge >= 0.3 is 0 Å². The minimum atomic E-state index is -0.865. The molecule has 0 atom stereocenters. The lowest BCUT2D eigenvalue weighted by Gasteiger charge is -2.26. The number of nitrogen functional groups attached to an aromatic ring is 1. The molecule has 0 saturated heterocycles. The predicted molar refractivity (Wildman–Crippen MR) is 65.0 cm³/mol. The van der Waals surface area contributed by atoms with Gasteiger partial charge in [0.25, 0.3) is 0 Å². The first-order chi connectivity index (χ1) is 8.56. The van der Waals surface area contributed by atoms with Crippen molar-refractivity contribution in [1.82, 2.24) is 4.98 Å². The highest BCUT2D eigenvalue weighted by atomic mass is 19.1. The molecule has 1 heterocycles. The van der Waals surface area contributed by atoms with Crippen LogP contribution in [-0.2, 0) is 0 Å². The Balaban J connectivity index is 2.08. The largest absolute Gasteiger partial charge is 0.396 e. The number of nitrogens with two attached hydrogens (primary N) is 1. The highest BCUT2D eigenvalue weighted by Gasteiger charge is 2.33. The van der Waals surface area contributed by atoms with E-state index in [0.29, 0.717) is 12.6 Å². The molecule has 0 aromatic carbocycles. The topological polar surface area (TPSA) is 71.2 Å². The van der Waals surface area contributed by atoms with Gasteiger partial charge in [0.05, 0.1) is 6.61 Å². The molecule has 4 nitrogen and oxygen atoms in total. The van der Waals surface area contributed by atoms with Crippen LogP contribution < -0.4 is 11.1 Å². The molecule has 0 bridgehead atoms. The second kappa shape index (κ2) is 5.06. The van der Waals surface area contributed by atoms with Crippen LogP contribution in [0.5, 0.6) is 0 Å². The van der Waals surface area contributed by atoms with E-state index in [1.807, 2.05) is 0 Å². The first kappa shape index (κ1) is 13.0. The molecule has 1 fully saturated rings. The average Bonchev–Trinajstić information content (AvgIpc) is 2.82. The van der Waals surface area contributed by atoms with E-state index in [1.165, 1.54) is 0 Å². The number of halogens is 2. The van der Waals surface area contributed by atoms with Gasteiger partial charge in [0, 0.05) is 18.0 Å². The SMILES string of the molecule is Nc1nc(NCC2(CO)CCCC2)c(F)cc1F. The number of rotatable bonds is 4. The fourth-order valence-corrected chi connectivity index (χ4v) is 2.39. The summed E-state index contributed by atoms with van der Waals surface area (Å²) < 4.78 is 26.4. The van der Waals surface area contributed by atoms with Crippen LogP contribution in [0, 0.1) is 17.0 Å². The van der Waals surface area contributed by atoms with Crippen molar-refractivity contribution in [2.45, 2.75) is 25.7 Å². The van der Waals surface area contributed by atoms with Gasteiger partial charge in [-0.2, -0.15) is 0 Å². The monoisotopic (exact) mass is 257 g/mol. The van der Waals surface area contributed by atoms with Gasteiger partial charge in [-0.15, -0.1) is 0 Å². The fraction of sp³-hybridized carbons (Fsp3) is 0.583. The molecule has 1 aromatic rings. The van der Waals surface area contributed by atoms with Gasteiger partial charge < -0.3 is 16.2 Å². The molecular formula is C12H17F2N3O. The fourth-order valence-electron chi connectivity index (χ4n) is 2.39. The van der Waals surface area contributed by atoms with Gasteiger partial charge in [-0.05, 0) is 12.8 Å². The maximum absolute atomic E-state index is 13.5. The first-order valence-corrected chi connectivity index (χ1v) is 6.03. The summed E-state index contributed by atoms with van der Waals surface area (Å²) in [5.41, 5.74) is 5.07. The molecule has 18 heavy (non-hydrogen) atoms. The zero-order valence-electron chi connectivity index (χ0n) is 10.0. The Labute approximate surface area is 104 Å². The number of aromatic nitrogens is 1. The van der Waals surface area contributed by atoms with Crippen molar-refractivity contribution >= 4 is 11.6 Å². The van der Waals surface area contributed by atoms with Crippen LogP contribution in [0.15, 0.2) is 6.07 Å². The number of nitrogens with zero attached hydrogens (tertiary/aromatic N) is 1. The van der Waals surface area contributed by atoms with Gasteiger partial charge in [0.1, 0.15) is 0 Å². The molecule has 1 saturated carbocycles. The van der Waals surface area contributed by atoms with E-state index in [-0.39, 0.29) is 23.7 Å². The van der Waals surface area contributed by atoms with Gasteiger partial charge in [0.15, 0.2) is 23.3 Å². The summed E-state index contributed by atoms with van der Waals surface area (Å²) >= 11 is 0. The normalized spacial score (nSPS) is 17.9. The summed E-state index contributed by atoms with van der Waals surface area (Å²) in [6, 6.07) is 0.713. The van der Waals surface area contributed by atoms with E-state index in [1.54, 1.807) is 0 Å². The summed E-state index contributed by atoms with van der Waals surface area (Å²) in [7, 11) is 0. The Kier molecular flexibility index (Phi) is 3.65. The average molecular weight is 257 g/mol. The molecule has 0 radical (unpaired) electrons. The molecule has 1 aliphatic carbocycles. The third kappa shape index (κ3) is 2.53. The van der Waals surface area contributed by atoms with Crippen LogP contribution in [0.2, 0.25) is 0 Å². The smallest absolute Gasteiger partial charge is 0.168 e. The number of aliphatic hydroxyl groups excluding tert-OH is 1. The van der Waals surface area contributed by atoms with Crippen molar-refractivity contribution in [2.75, 3.05) is 24.2 Å². The Morgan fingerprint density at radius 1 is 1.33 bits per heavy atom. The van der Waals surface area contributed by atoms with Crippen molar-refractivity contribution in [1.29, 1.82) is 0 Å². The van der Waals surface area contributed by atoms with Crippen molar-refractivity contribution in [3.05, 3.63) is 17.7 Å². The lowest BCUT2D eigenvalue weighted by atomic mass is 9.87. The second-order valence-electron chi connectivity index (χ2n) is 4.90. The zero-order valence-corrected chi connectivity index (χ0v) is 10.0. The lowest BCUT2D eigenvalue weighted by molar-refractivity contribution is 0.142. The lowest BCUT2D eigenvalue weighted by Crippen LogP contribution is -2.31. The number of anilines is 2. The molecule has 0 amide bonds. The summed E-state index contributed by atoms with van der Waals surface area (Å²) in [5.74, 6) is -2.03. The van der Waals surface area contributed by atoms with E-state index >= 15 is 0 Å². The highest BCUT2D eigenvalue weighted by Crippen LogP contribution is 2.37. The van der Waals surface area contributed by atoms with Crippen LogP contribution >= 0.6 is 0 Å². The maximum atomic E-state index is 13.5. The molecule has 4 N–H and O–H groups in total. The summed E-state index contributed by atoms with van der Waals surface area (Å²) in [4.78, 5) is 3.63. The number of hydrogen-bond donors (Lipinski definition) is 3. The van der Waals surface area contributed by atoms with Crippen molar-refractivity contribution in [3.63, 3.8) is 0 Å². The van der Waals surface area contributed by atoms with E-state index in [0.717, 1.165) is 25.7 Å². The third-order valence-corrected chi connectivity index (χ3v) is 3.59. The number of aliphatic hydroxyl groups is 1. The molecule has 100 valence electrons. The van der Waals surface area contributed by atoms with Crippen LogP contribution in [0.1, 0.15) is 25.7 Å². The molecular weight excluding hydrogens is 240 g/mol. The Morgan fingerprint density at radius 3 is 2.61 bits per heavy atom. The van der Waals surface area contributed by atoms with E-state index in [9.17, 15) is 13.9 Å². The van der Waals surface area contributed by atoms with Crippen LogP contribution in [-0.4, -0.2) is 23.2 Å². The van der Waals surface area contributed by atoms with Gasteiger partial charge in [0.2, 0.25) is 0 Å². The summed E-state index contributed by atoms with van der Waals surface area (Å²) in [5, 5.41) is 12.2. The Morgan fingerprint density at radius 2 is 2.00 bits per heavy atom. The minimum Gasteiger partial charge on any atom is -0.396 e. The Bertz CT molecular complexity index is 434. The first-order valence-electron chi connectivity index (χ1n) is 6.03. The molecule has 0 spiro atoms. The summed E-state index contributed by atoms with van der Waals surface area (Å²) in [6.45, 7) is 0.469. The van der Waals surface area contributed by atoms with Crippen molar-refractivity contribution in [3.8, 4) is 0 Å². The van der Waals surface area contributed by atoms with Crippen LogP contribution in [0.25, 0.3) is 0 Å². The third-order valence-electron chi connectivity index (χ3n) is 3.59. The molecule has 0 unspecified atom stereocenters. The van der Waals surface area contributed by atoms with Gasteiger partial charge in [-0.25, -0.2) is 13.8 Å². The van der Waals surface area contributed by atoms with E-state index in [4.69, 9.17) is 5.73 Å². The van der Waals surface area contributed by atoms with Crippen LogP contribution in [0.3, 0.4) is 0 Å². The second-order valence-corrected chi connectivity index (χ2v) is 4.90. The summed E-state index contributed by atoms with van der Waals surface area (Å²) in [6.07, 6.45) is 3.91. The van der Waals surface area contributed by atoms with E-state index in [2.05, 4.69) is 10.3 Å². The van der Waals surface area contributed by atoms with Crippen molar-refractivity contribution < 1.29 is 13.9 Å². The zero-order chi connectivity index (χ0) is 13.2. The molecule has 2 rings (SSSR count).